The van der Waals surface area contributed by atoms with Crippen molar-refractivity contribution in [3.8, 4) is 0 Å². The second-order valence-electron chi connectivity index (χ2n) is 6.51. The molecular formula is C19H25N5O3. The minimum absolute atomic E-state index is 0.000271. The lowest BCUT2D eigenvalue weighted by atomic mass is 10.2. The van der Waals surface area contributed by atoms with Crippen LogP contribution < -0.4 is 5.32 Å². The number of carbonyl (C=O) groups is 2. The summed E-state index contributed by atoms with van der Waals surface area (Å²) in [5.74, 6) is -0.263. The molecule has 1 aromatic carbocycles. The van der Waals surface area contributed by atoms with Crippen molar-refractivity contribution < 1.29 is 14.3 Å². The minimum atomic E-state index is -0.263. The third kappa shape index (κ3) is 5.13. The molecule has 1 fully saturated rings. The third-order valence-electron chi connectivity index (χ3n) is 4.59. The molecule has 3 rings (SSSR count). The first-order valence-corrected chi connectivity index (χ1v) is 9.27. The summed E-state index contributed by atoms with van der Waals surface area (Å²) in [6, 6.07) is 9.74. The molecule has 2 amide bonds. The van der Waals surface area contributed by atoms with Crippen LogP contribution in [0.4, 0.5) is 0 Å². The van der Waals surface area contributed by atoms with E-state index in [2.05, 4.69) is 15.6 Å². The predicted molar refractivity (Wildman–Crippen MR) is 98.9 cm³/mol. The number of nitrogens with zero attached hydrogens (tertiary/aromatic N) is 4. The highest BCUT2D eigenvalue weighted by molar-refractivity contribution is 5.91. The van der Waals surface area contributed by atoms with Gasteiger partial charge in [-0.05, 0) is 25.3 Å². The van der Waals surface area contributed by atoms with E-state index in [-0.39, 0.29) is 30.2 Å². The standard InChI is InChI=1S/C19H25N5O3/c1-2-27-14-18(25)24-10-6-9-16(24)12-23-13-17(21-22-23)19(26)20-11-15-7-4-3-5-8-15/h3-5,7-8,13,16H,2,6,9-12,14H2,1H3,(H,20,26)/t16-/m0/s1. The molecule has 0 radical (unpaired) electrons. The summed E-state index contributed by atoms with van der Waals surface area (Å²) < 4.78 is 6.86. The lowest BCUT2D eigenvalue weighted by Crippen LogP contribution is -2.40. The van der Waals surface area contributed by atoms with Crippen LogP contribution in [-0.2, 0) is 22.6 Å². The molecule has 0 aliphatic carbocycles. The highest BCUT2D eigenvalue weighted by Gasteiger charge is 2.29. The van der Waals surface area contributed by atoms with Crippen molar-refractivity contribution in [3.63, 3.8) is 0 Å². The monoisotopic (exact) mass is 371 g/mol. The second kappa shape index (κ2) is 9.27. The van der Waals surface area contributed by atoms with E-state index in [0.717, 1.165) is 24.9 Å². The first-order valence-electron chi connectivity index (χ1n) is 9.27. The van der Waals surface area contributed by atoms with Crippen LogP contribution in [0.3, 0.4) is 0 Å². The Morgan fingerprint density at radius 3 is 2.89 bits per heavy atom. The first-order chi connectivity index (χ1) is 13.2. The van der Waals surface area contributed by atoms with Crippen LogP contribution >= 0.6 is 0 Å². The van der Waals surface area contributed by atoms with Crippen LogP contribution in [0, 0.1) is 0 Å². The van der Waals surface area contributed by atoms with Crippen molar-refractivity contribution in [1.29, 1.82) is 0 Å². The molecule has 1 saturated heterocycles. The number of hydrogen-bond acceptors (Lipinski definition) is 5. The number of nitrogens with one attached hydrogen (secondary N) is 1. The predicted octanol–water partition coefficient (Wildman–Crippen LogP) is 1.24. The van der Waals surface area contributed by atoms with E-state index in [4.69, 9.17) is 4.74 Å². The molecular weight excluding hydrogens is 346 g/mol. The first kappa shape index (κ1) is 19.0. The third-order valence-corrected chi connectivity index (χ3v) is 4.59. The largest absolute Gasteiger partial charge is 0.372 e. The molecule has 1 N–H and O–H groups in total. The van der Waals surface area contributed by atoms with Gasteiger partial charge in [0.1, 0.15) is 6.61 Å². The Labute approximate surface area is 158 Å². The van der Waals surface area contributed by atoms with E-state index in [9.17, 15) is 9.59 Å². The number of ether oxygens (including phenoxy) is 1. The Bertz CT molecular complexity index is 762. The molecule has 144 valence electrons. The molecule has 1 aliphatic rings. The molecule has 1 aliphatic heterocycles. The summed E-state index contributed by atoms with van der Waals surface area (Å²) in [6.45, 7) is 4.20. The molecule has 0 unspecified atom stereocenters. The molecule has 1 atom stereocenters. The van der Waals surface area contributed by atoms with Crippen LogP contribution in [0.1, 0.15) is 35.8 Å². The molecule has 8 nitrogen and oxygen atoms in total. The van der Waals surface area contributed by atoms with E-state index >= 15 is 0 Å². The van der Waals surface area contributed by atoms with Crippen molar-refractivity contribution in [2.75, 3.05) is 19.8 Å². The van der Waals surface area contributed by atoms with Crippen LogP contribution in [0.15, 0.2) is 36.5 Å². The van der Waals surface area contributed by atoms with Crippen molar-refractivity contribution >= 4 is 11.8 Å². The maximum atomic E-state index is 12.3. The van der Waals surface area contributed by atoms with Gasteiger partial charge in [-0.25, -0.2) is 4.68 Å². The molecule has 27 heavy (non-hydrogen) atoms. The Balaban J connectivity index is 1.54. The van der Waals surface area contributed by atoms with E-state index in [1.807, 2.05) is 42.2 Å². The van der Waals surface area contributed by atoms with Gasteiger partial charge in [-0.1, -0.05) is 35.5 Å². The summed E-state index contributed by atoms with van der Waals surface area (Å²) in [7, 11) is 0. The smallest absolute Gasteiger partial charge is 0.273 e. The van der Waals surface area contributed by atoms with E-state index in [1.54, 1.807) is 10.9 Å². The Hall–Kier alpha value is -2.74. The number of likely N-dealkylation sites (tertiary alicyclic amines) is 1. The van der Waals surface area contributed by atoms with E-state index in [1.165, 1.54) is 0 Å². The SMILES string of the molecule is CCOCC(=O)N1CCC[C@H]1Cn1cc(C(=O)NCc2ccccc2)nn1. The van der Waals surface area contributed by atoms with Gasteiger partial charge in [0.15, 0.2) is 5.69 Å². The van der Waals surface area contributed by atoms with Crippen LogP contribution in [-0.4, -0.2) is 57.5 Å². The molecule has 0 saturated carbocycles. The molecule has 2 aromatic rings. The lowest BCUT2D eigenvalue weighted by Gasteiger charge is -2.24. The van der Waals surface area contributed by atoms with Crippen molar-refractivity contribution in [3.05, 3.63) is 47.8 Å². The normalized spacial score (nSPS) is 16.5. The summed E-state index contributed by atoms with van der Waals surface area (Å²) in [5, 5.41) is 10.8. The number of benzene rings is 1. The summed E-state index contributed by atoms with van der Waals surface area (Å²) in [6.07, 6.45) is 3.50. The van der Waals surface area contributed by atoms with Crippen LogP contribution in [0.25, 0.3) is 0 Å². The zero-order chi connectivity index (χ0) is 19.1. The maximum Gasteiger partial charge on any atom is 0.273 e. The van der Waals surface area contributed by atoms with Crippen molar-refractivity contribution in [1.82, 2.24) is 25.2 Å². The summed E-state index contributed by atoms with van der Waals surface area (Å²) in [4.78, 5) is 26.3. The van der Waals surface area contributed by atoms with Gasteiger partial charge < -0.3 is 15.0 Å². The van der Waals surface area contributed by atoms with Gasteiger partial charge in [0, 0.05) is 19.7 Å². The van der Waals surface area contributed by atoms with E-state index in [0.29, 0.717) is 19.7 Å². The maximum absolute atomic E-state index is 12.3. The zero-order valence-corrected chi connectivity index (χ0v) is 15.5. The highest BCUT2D eigenvalue weighted by atomic mass is 16.5. The molecule has 0 bridgehead atoms. The average Bonchev–Trinajstić information content (AvgIpc) is 3.35. The van der Waals surface area contributed by atoms with Crippen molar-refractivity contribution in [2.45, 2.75) is 38.9 Å². The Kier molecular flexibility index (Phi) is 6.54. The molecule has 1 aromatic heterocycles. The summed E-state index contributed by atoms with van der Waals surface area (Å²) in [5.41, 5.74) is 1.30. The quantitative estimate of drug-likeness (QED) is 0.754. The second-order valence-corrected chi connectivity index (χ2v) is 6.51. The van der Waals surface area contributed by atoms with Crippen molar-refractivity contribution in [2.24, 2.45) is 0 Å². The molecule has 0 spiro atoms. The Morgan fingerprint density at radius 2 is 2.11 bits per heavy atom. The number of aromatic nitrogens is 3. The number of rotatable bonds is 8. The number of carbonyl (C=O) groups excluding carboxylic acids is 2. The summed E-state index contributed by atoms with van der Waals surface area (Å²) >= 11 is 0. The number of hydrogen-bond donors (Lipinski definition) is 1. The van der Waals surface area contributed by atoms with Gasteiger partial charge in [-0.15, -0.1) is 5.10 Å². The minimum Gasteiger partial charge on any atom is -0.372 e. The fraction of sp³-hybridized carbons (Fsp3) is 0.474. The average molecular weight is 371 g/mol. The molecule has 2 heterocycles. The molecule has 8 heteroatoms. The van der Waals surface area contributed by atoms with E-state index < -0.39 is 0 Å². The number of amides is 2. The topological polar surface area (TPSA) is 89.4 Å². The van der Waals surface area contributed by atoms with Gasteiger partial charge in [-0.3, -0.25) is 9.59 Å². The van der Waals surface area contributed by atoms with Crippen LogP contribution in [0.5, 0.6) is 0 Å². The lowest BCUT2D eigenvalue weighted by molar-refractivity contribution is -0.137. The van der Waals surface area contributed by atoms with Gasteiger partial charge >= 0.3 is 0 Å². The Morgan fingerprint density at radius 1 is 1.30 bits per heavy atom. The van der Waals surface area contributed by atoms with Gasteiger partial charge in [-0.2, -0.15) is 0 Å². The van der Waals surface area contributed by atoms with Gasteiger partial charge in [0.25, 0.3) is 5.91 Å². The van der Waals surface area contributed by atoms with Crippen LogP contribution in [0.2, 0.25) is 0 Å². The fourth-order valence-electron chi connectivity index (χ4n) is 3.20. The fourth-order valence-corrected chi connectivity index (χ4v) is 3.20. The zero-order valence-electron chi connectivity index (χ0n) is 15.5. The van der Waals surface area contributed by atoms with Gasteiger partial charge in [0.05, 0.1) is 18.8 Å². The highest BCUT2D eigenvalue weighted by Crippen LogP contribution is 2.19. The van der Waals surface area contributed by atoms with Gasteiger partial charge in [0.2, 0.25) is 5.91 Å².